The van der Waals surface area contributed by atoms with Gasteiger partial charge in [-0.05, 0) is 62.5 Å². The van der Waals surface area contributed by atoms with Crippen LogP contribution in [0.25, 0.3) is 0 Å². The Hall–Kier alpha value is -1.38. The number of hydrazone groups is 1. The summed E-state index contributed by atoms with van der Waals surface area (Å²) in [4.78, 5) is 11.9. The van der Waals surface area contributed by atoms with Crippen LogP contribution in [0.4, 0.5) is 0 Å². The van der Waals surface area contributed by atoms with Gasteiger partial charge >= 0.3 is 0 Å². The Labute approximate surface area is 170 Å². The monoisotopic (exact) mass is 532 g/mol. The average molecular weight is 535 g/mol. The summed E-state index contributed by atoms with van der Waals surface area (Å²) in [5, 5.41) is 14.0. The van der Waals surface area contributed by atoms with E-state index in [1.165, 1.54) is 6.21 Å². The molecule has 1 amide bonds. The van der Waals surface area contributed by atoms with Gasteiger partial charge in [-0.2, -0.15) is 5.10 Å². The summed E-state index contributed by atoms with van der Waals surface area (Å²) in [6.07, 6.45) is 1.71. The zero-order chi connectivity index (χ0) is 18.4. The van der Waals surface area contributed by atoms with Crippen LogP contribution in [0.3, 0.4) is 0 Å². The van der Waals surface area contributed by atoms with Gasteiger partial charge in [0.15, 0.2) is 11.5 Å². The minimum absolute atomic E-state index is 0.00477. The molecule has 0 saturated carbocycles. The fourth-order valence-electron chi connectivity index (χ4n) is 1.97. The van der Waals surface area contributed by atoms with Crippen LogP contribution in [0.2, 0.25) is 0 Å². The number of halogens is 3. The Morgan fingerprint density at radius 3 is 2.56 bits per heavy atom. The number of nitrogens with zero attached hydrogens (tertiary/aromatic N) is 1. The molecule has 25 heavy (non-hydrogen) atoms. The SMILES string of the molecule is CCOc1cc(C=NNC(=O)Cc2ccc(Br)cc2)c(Br)c(Br)c1O. The highest BCUT2D eigenvalue weighted by molar-refractivity contribution is 9.13. The molecule has 0 aliphatic heterocycles. The second kappa shape index (κ2) is 9.35. The number of benzene rings is 2. The topological polar surface area (TPSA) is 70.9 Å². The van der Waals surface area contributed by atoms with Crippen molar-refractivity contribution in [2.75, 3.05) is 6.61 Å². The lowest BCUT2D eigenvalue weighted by Gasteiger charge is -2.10. The van der Waals surface area contributed by atoms with Crippen LogP contribution < -0.4 is 10.2 Å². The fourth-order valence-corrected chi connectivity index (χ4v) is 3.07. The molecule has 0 aliphatic carbocycles. The zero-order valence-electron chi connectivity index (χ0n) is 13.2. The van der Waals surface area contributed by atoms with Gasteiger partial charge in [0, 0.05) is 14.5 Å². The smallest absolute Gasteiger partial charge is 0.244 e. The second-order valence-corrected chi connectivity index (χ2v) is 7.47. The van der Waals surface area contributed by atoms with Crippen molar-refractivity contribution >= 4 is 59.9 Å². The minimum atomic E-state index is -0.224. The van der Waals surface area contributed by atoms with Crippen LogP contribution in [0.15, 0.2) is 48.9 Å². The van der Waals surface area contributed by atoms with E-state index < -0.39 is 0 Å². The summed E-state index contributed by atoms with van der Waals surface area (Å²) in [6.45, 7) is 2.24. The molecule has 0 radical (unpaired) electrons. The summed E-state index contributed by atoms with van der Waals surface area (Å²) >= 11 is 10.0. The van der Waals surface area contributed by atoms with Crippen molar-refractivity contribution in [3.63, 3.8) is 0 Å². The van der Waals surface area contributed by atoms with E-state index in [0.29, 0.717) is 26.9 Å². The maximum atomic E-state index is 11.9. The molecule has 0 atom stereocenters. The lowest BCUT2D eigenvalue weighted by Crippen LogP contribution is -2.19. The van der Waals surface area contributed by atoms with E-state index in [1.807, 2.05) is 31.2 Å². The number of carbonyl (C=O) groups is 1. The van der Waals surface area contributed by atoms with E-state index in [9.17, 15) is 9.90 Å². The van der Waals surface area contributed by atoms with Crippen LogP contribution in [-0.2, 0) is 11.2 Å². The number of rotatable bonds is 6. The van der Waals surface area contributed by atoms with Gasteiger partial charge in [0.25, 0.3) is 0 Å². The maximum absolute atomic E-state index is 11.9. The maximum Gasteiger partial charge on any atom is 0.244 e. The van der Waals surface area contributed by atoms with Crippen LogP contribution in [0.5, 0.6) is 11.5 Å². The summed E-state index contributed by atoms with van der Waals surface area (Å²) < 4.78 is 7.41. The first-order valence-electron chi connectivity index (χ1n) is 7.32. The van der Waals surface area contributed by atoms with Gasteiger partial charge in [-0.15, -0.1) is 0 Å². The summed E-state index contributed by atoms with van der Waals surface area (Å²) in [6, 6.07) is 9.14. The first-order valence-corrected chi connectivity index (χ1v) is 9.70. The van der Waals surface area contributed by atoms with Gasteiger partial charge in [-0.25, -0.2) is 5.43 Å². The highest BCUT2D eigenvalue weighted by Gasteiger charge is 2.14. The molecule has 2 aromatic rings. The van der Waals surface area contributed by atoms with Crippen LogP contribution in [0, 0.1) is 0 Å². The van der Waals surface area contributed by atoms with E-state index in [0.717, 1.165) is 10.0 Å². The van der Waals surface area contributed by atoms with E-state index in [-0.39, 0.29) is 18.1 Å². The normalized spacial score (nSPS) is 10.9. The number of phenols is 1. The molecule has 0 aromatic heterocycles. The van der Waals surface area contributed by atoms with Crippen molar-refractivity contribution in [1.82, 2.24) is 5.43 Å². The largest absolute Gasteiger partial charge is 0.503 e. The number of amides is 1. The minimum Gasteiger partial charge on any atom is -0.503 e. The van der Waals surface area contributed by atoms with Gasteiger partial charge in [0.1, 0.15) is 0 Å². The Bertz CT molecular complexity index is 793. The number of nitrogens with one attached hydrogen (secondary N) is 1. The Balaban J connectivity index is 2.06. The molecule has 8 heteroatoms. The van der Waals surface area contributed by atoms with Crippen molar-refractivity contribution < 1.29 is 14.6 Å². The number of ether oxygens (including phenoxy) is 1. The van der Waals surface area contributed by atoms with Crippen LogP contribution in [0.1, 0.15) is 18.1 Å². The summed E-state index contributed by atoms with van der Waals surface area (Å²) in [7, 11) is 0. The molecule has 0 saturated heterocycles. The molecule has 2 rings (SSSR count). The Morgan fingerprint density at radius 2 is 1.92 bits per heavy atom. The molecule has 0 heterocycles. The molecule has 2 aromatic carbocycles. The molecular weight excluding hydrogens is 520 g/mol. The van der Waals surface area contributed by atoms with Gasteiger partial charge < -0.3 is 9.84 Å². The van der Waals surface area contributed by atoms with E-state index >= 15 is 0 Å². The van der Waals surface area contributed by atoms with Crippen molar-refractivity contribution in [2.24, 2.45) is 5.10 Å². The molecular formula is C17H15Br3N2O3. The van der Waals surface area contributed by atoms with Crippen LogP contribution in [-0.4, -0.2) is 23.8 Å². The molecule has 0 unspecified atom stereocenters. The lowest BCUT2D eigenvalue weighted by molar-refractivity contribution is -0.120. The van der Waals surface area contributed by atoms with Crippen molar-refractivity contribution in [3.05, 3.63) is 54.9 Å². The van der Waals surface area contributed by atoms with Crippen molar-refractivity contribution in [2.45, 2.75) is 13.3 Å². The number of carbonyl (C=O) groups excluding carboxylic acids is 1. The predicted octanol–water partition coefficient (Wildman–Crippen LogP) is 4.77. The van der Waals surface area contributed by atoms with E-state index in [4.69, 9.17) is 4.74 Å². The summed E-state index contributed by atoms with van der Waals surface area (Å²) in [5.41, 5.74) is 4.03. The van der Waals surface area contributed by atoms with Crippen molar-refractivity contribution in [3.8, 4) is 11.5 Å². The molecule has 0 aliphatic rings. The first kappa shape index (κ1) is 19.9. The second-order valence-electron chi connectivity index (χ2n) is 4.97. The number of hydrogen-bond donors (Lipinski definition) is 2. The molecule has 0 bridgehead atoms. The predicted molar refractivity (Wildman–Crippen MR) is 108 cm³/mol. The van der Waals surface area contributed by atoms with Crippen molar-refractivity contribution in [1.29, 1.82) is 0 Å². The third-order valence-electron chi connectivity index (χ3n) is 3.14. The first-order chi connectivity index (χ1) is 11.9. The van der Waals surface area contributed by atoms with Gasteiger partial charge in [0.2, 0.25) is 5.91 Å². The third-order valence-corrected chi connectivity index (χ3v) is 5.83. The third kappa shape index (κ3) is 5.55. The Kier molecular flexibility index (Phi) is 7.46. The standard InChI is InChI=1S/C17H15Br3N2O3/c1-2-25-13-8-11(15(19)16(20)17(13)24)9-21-22-14(23)7-10-3-5-12(18)6-4-10/h3-6,8-9,24H,2,7H2,1H3,(H,22,23). The molecule has 132 valence electrons. The average Bonchev–Trinajstić information content (AvgIpc) is 2.59. The number of phenolic OH excluding ortho intramolecular Hbond substituents is 1. The van der Waals surface area contributed by atoms with E-state index in [2.05, 4.69) is 58.3 Å². The van der Waals surface area contributed by atoms with Crippen LogP contribution >= 0.6 is 47.8 Å². The lowest BCUT2D eigenvalue weighted by atomic mass is 10.1. The number of hydrogen-bond acceptors (Lipinski definition) is 4. The number of aromatic hydroxyl groups is 1. The van der Waals surface area contributed by atoms with Gasteiger partial charge in [0.05, 0.1) is 23.7 Å². The van der Waals surface area contributed by atoms with Gasteiger partial charge in [-0.3, -0.25) is 4.79 Å². The Morgan fingerprint density at radius 1 is 1.24 bits per heavy atom. The van der Waals surface area contributed by atoms with Gasteiger partial charge in [-0.1, -0.05) is 28.1 Å². The molecule has 5 nitrogen and oxygen atoms in total. The quantitative estimate of drug-likeness (QED) is 0.414. The van der Waals surface area contributed by atoms with E-state index in [1.54, 1.807) is 6.07 Å². The molecule has 0 spiro atoms. The highest BCUT2D eigenvalue weighted by atomic mass is 79.9. The highest BCUT2D eigenvalue weighted by Crippen LogP contribution is 2.41. The molecule has 2 N–H and O–H groups in total. The zero-order valence-corrected chi connectivity index (χ0v) is 18.0. The fraction of sp³-hybridized carbons (Fsp3) is 0.176. The molecule has 0 fully saturated rings. The summed E-state index contributed by atoms with van der Waals surface area (Å²) in [5.74, 6) is 0.114.